The van der Waals surface area contributed by atoms with Gasteiger partial charge in [0.1, 0.15) is 0 Å². The van der Waals surface area contributed by atoms with Crippen LogP contribution in [-0.4, -0.2) is 0 Å². The number of hydrogen-bond acceptors (Lipinski definition) is 1. The van der Waals surface area contributed by atoms with Crippen molar-refractivity contribution < 1.29 is 0 Å². The highest BCUT2D eigenvalue weighted by Crippen LogP contribution is 2.21. The molecule has 0 bridgehead atoms. The van der Waals surface area contributed by atoms with Gasteiger partial charge in [-0.3, -0.25) is 0 Å². The number of benzene rings is 2. The second-order valence-electron chi connectivity index (χ2n) is 3.42. The van der Waals surface area contributed by atoms with E-state index in [0.29, 0.717) is 0 Å². The van der Waals surface area contributed by atoms with Crippen LogP contribution >= 0.6 is 12.6 Å². The molecule has 14 heavy (non-hydrogen) atoms. The minimum Gasteiger partial charge on any atom is -0.143 e. The predicted octanol–water partition coefficient (Wildman–Crippen LogP) is 3.95. The van der Waals surface area contributed by atoms with Crippen molar-refractivity contribution in [3.63, 3.8) is 0 Å². The quantitative estimate of drug-likeness (QED) is 0.662. The molecule has 0 saturated carbocycles. The Hall–Kier alpha value is -1.21. The van der Waals surface area contributed by atoms with Gasteiger partial charge in [0.15, 0.2) is 0 Å². The van der Waals surface area contributed by atoms with E-state index < -0.39 is 0 Å². The molecular formula is C13H12S. The summed E-state index contributed by atoms with van der Waals surface area (Å²) in [4.78, 5) is 1.00. The Morgan fingerprint density at radius 1 is 0.857 bits per heavy atom. The minimum absolute atomic E-state index is 1.00. The summed E-state index contributed by atoms with van der Waals surface area (Å²) in [7, 11) is 0. The third kappa shape index (κ3) is 1.99. The standard InChI is InChI=1S/C13H12S/c1-10-5-7-11(8-6-10)12-3-2-4-13(14)9-12/h2-9,14H,1H3. The van der Waals surface area contributed by atoms with Gasteiger partial charge in [0.25, 0.3) is 0 Å². The Labute approximate surface area is 90.0 Å². The molecule has 0 spiro atoms. The average Bonchev–Trinajstić information content (AvgIpc) is 2.19. The van der Waals surface area contributed by atoms with E-state index in [1.165, 1.54) is 16.7 Å². The highest BCUT2D eigenvalue weighted by atomic mass is 32.1. The number of rotatable bonds is 1. The fraction of sp³-hybridized carbons (Fsp3) is 0.0769. The molecule has 0 radical (unpaired) electrons. The summed E-state index contributed by atoms with van der Waals surface area (Å²) >= 11 is 4.32. The lowest BCUT2D eigenvalue weighted by molar-refractivity contribution is 1.44. The van der Waals surface area contributed by atoms with Crippen molar-refractivity contribution in [3.8, 4) is 11.1 Å². The van der Waals surface area contributed by atoms with E-state index in [1.807, 2.05) is 12.1 Å². The zero-order valence-electron chi connectivity index (χ0n) is 8.07. The molecule has 2 rings (SSSR count). The van der Waals surface area contributed by atoms with E-state index in [0.717, 1.165) is 4.90 Å². The molecule has 0 amide bonds. The van der Waals surface area contributed by atoms with Crippen molar-refractivity contribution in [2.75, 3.05) is 0 Å². The smallest absolute Gasteiger partial charge is 0.00461 e. The topological polar surface area (TPSA) is 0 Å². The lowest BCUT2D eigenvalue weighted by atomic mass is 10.0. The van der Waals surface area contributed by atoms with Gasteiger partial charge in [0.05, 0.1) is 0 Å². The van der Waals surface area contributed by atoms with Crippen LogP contribution in [0.4, 0.5) is 0 Å². The van der Waals surface area contributed by atoms with E-state index in [9.17, 15) is 0 Å². The molecular weight excluding hydrogens is 188 g/mol. The monoisotopic (exact) mass is 200 g/mol. The molecule has 0 heterocycles. The van der Waals surface area contributed by atoms with E-state index in [-0.39, 0.29) is 0 Å². The zero-order chi connectivity index (χ0) is 9.97. The van der Waals surface area contributed by atoms with E-state index in [4.69, 9.17) is 0 Å². The van der Waals surface area contributed by atoms with Crippen LogP contribution in [0.25, 0.3) is 11.1 Å². The second kappa shape index (κ2) is 3.89. The van der Waals surface area contributed by atoms with Crippen LogP contribution in [0.5, 0.6) is 0 Å². The fourth-order valence-electron chi connectivity index (χ4n) is 1.43. The number of aryl methyl sites for hydroxylation is 1. The van der Waals surface area contributed by atoms with Gasteiger partial charge >= 0.3 is 0 Å². The van der Waals surface area contributed by atoms with Crippen molar-refractivity contribution in [2.24, 2.45) is 0 Å². The first-order valence-corrected chi connectivity index (χ1v) is 5.06. The first-order valence-electron chi connectivity index (χ1n) is 4.62. The molecule has 0 aliphatic carbocycles. The van der Waals surface area contributed by atoms with Crippen molar-refractivity contribution in [2.45, 2.75) is 11.8 Å². The summed E-state index contributed by atoms with van der Waals surface area (Å²) in [6, 6.07) is 16.7. The van der Waals surface area contributed by atoms with Gasteiger partial charge in [-0.1, -0.05) is 42.0 Å². The average molecular weight is 200 g/mol. The lowest BCUT2D eigenvalue weighted by Crippen LogP contribution is -1.78. The van der Waals surface area contributed by atoms with E-state index in [1.54, 1.807) is 0 Å². The molecule has 70 valence electrons. The summed E-state index contributed by atoms with van der Waals surface area (Å²) in [6.45, 7) is 2.10. The van der Waals surface area contributed by atoms with Gasteiger partial charge in [0.2, 0.25) is 0 Å². The van der Waals surface area contributed by atoms with Gasteiger partial charge in [-0.25, -0.2) is 0 Å². The van der Waals surface area contributed by atoms with Gasteiger partial charge in [-0.05, 0) is 30.2 Å². The molecule has 0 aliphatic rings. The normalized spacial score (nSPS) is 10.1. The van der Waals surface area contributed by atoms with Crippen LogP contribution in [0.1, 0.15) is 5.56 Å². The van der Waals surface area contributed by atoms with Gasteiger partial charge in [-0.15, -0.1) is 12.6 Å². The molecule has 0 unspecified atom stereocenters. The van der Waals surface area contributed by atoms with Gasteiger partial charge < -0.3 is 0 Å². The van der Waals surface area contributed by atoms with Crippen LogP contribution in [0, 0.1) is 6.92 Å². The van der Waals surface area contributed by atoms with Crippen molar-refractivity contribution >= 4 is 12.6 Å². The Bertz CT molecular complexity index is 429. The third-order valence-corrected chi connectivity index (χ3v) is 2.51. The van der Waals surface area contributed by atoms with Crippen LogP contribution in [-0.2, 0) is 0 Å². The van der Waals surface area contributed by atoms with Crippen LogP contribution < -0.4 is 0 Å². The maximum Gasteiger partial charge on any atom is 0.00461 e. The molecule has 0 N–H and O–H groups in total. The van der Waals surface area contributed by atoms with Crippen LogP contribution in [0.3, 0.4) is 0 Å². The molecule has 2 aromatic carbocycles. The molecule has 0 saturated heterocycles. The highest BCUT2D eigenvalue weighted by Gasteiger charge is 1.96. The SMILES string of the molecule is Cc1ccc(-c2cccc(S)c2)cc1. The minimum atomic E-state index is 1.00. The summed E-state index contributed by atoms with van der Waals surface area (Å²) in [6.07, 6.45) is 0. The van der Waals surface area contributed by atoms with Crippen LogP contribution in [0.2, 0.25) is 0 Å². The number of thiol groups is 1. The van der Waals surface area contributed by atoms with Crippen molar-refractivity contribution in [1.29, 1.82) is 0 Å². The predicted molar refractivity (Wildman–Crippen MR) is 63.9 cm³/mol. The Morgan fingerprint density at radius 2 is 1.57 bits per heavy atom. The summed E-state index contributed by atoms with van der Waals surface area (Å²) in [5.74, 6) is 0. The van der Waals surface area contributed by atoms with Crippen molar-refractivity contribution in [3.05, 3.63) is 54.1 Å². The lowest BCUT2D eigenvalue weighted by Gasteiger charge is -2.02. The summed E-state index contributed by atoms with van der Waals surface area (Å²) in [5, 5.41) is 0. The molecule has 0 nitrogen and oxygen atoms in total. The molecule has 0 aliphatic heterocycles. The maximum absolute atomic E-state index is 4.32. The largest absolute Gasteiger partial charge is 0.143 e. The maximum atomic E-state index is 4.32. The molecule has 0 atom stereocenters. The van der Waals surface area contributed by atoms with Crippen molar-refractivity contribution in [1.82, 2.24) is 0 Å². The number of hydrogen-bond donors (Lipinski definition) is 1. The van der Waals surface area contributed by atoms with Gasteiger partial charge in [-0.2, -0.15) is 0 Å². The van der Waals surface area contributed by atoms with Gasteiger partial charge in [0, 0.05) is 4.90 Å². The highest BCUT2D eigenvalue weighted by molar-refractivity contribution is 7.80. The zero-order valence-corrected chi connectivity index (χ0v) is 8.96. The summed E-state index contributed by atoms with van der Waals surface area (Å²) in [5.41, 5.74) is 3.75. The van der Waals surface area contributed by atoms with Crippen LogP contribution in [0.15, 0.2) is 53.4 Å². The van der Waals surface area contributed by atoms with E-state index >= 15 is 0 Å². The Balaban J connectivity index is 2.44. The Kier molecular flexibility index (Phi) is 2.60. The molecule has 0 aromatic heterocycles. The first kappa shape index (κ1) is 9.35. The molecule has 0 fully saturated rings. The molecule has 1 heteroatoms. The second-order valence-corrected chi connectivity index (χ2v) is 3.93. The van der Waals surface area contributed by atoms with E-state index in [2.05, 4.69) is 56.0 Å². The fourth-order valence-corrected chi connectivity index (χ4v) is 1.66. The summed E-state index contributed by atoms with van der Waals surface area (Å²) < 4.78 is 0. The Morgan fingerprint density at radius 3 is 2.21 bits per heavy atom. The molecule has 2 aromatic rings. The third-order valence-electron chi connectivity index (χ3n) is 2.23. The first-order chi connectivity index (χ1) is 6.75.